The predicted molar refractivity (Wildman–Crippen MR) is 116 cm³/mol. The number of hydrogen-bond donors (Lipinski definition) is 1. The summed E-state index contributed by atoms with van der Waals surface area (Å²) in [5.74, 6) is 0.989. The molecule has 0 aliphatic carbocycles. The van der Waals surface area contributed by atoms with Gasteiger partial charge in [0.05, 0.1) is 5.56 Å². The SMILES string of the molecule is Cc1cc(C(=O)NCc2ccc(N3CCCC3)nc2)c(C)n1Cc1ccccc1. The molecule has 0 saturated carbocycles. The molecule has 0 bridgehead atoms. The molecule has 0 spiro atoms. The number of aromatic nitrogens is 2. The van der Waals surface area contributed by atoms with Crippen LogP contribution in [0.25, 0.3) is 0 Å². The second-order valence-corrected chi connectivity index (χ2v) is 7.76. The maximum Gasteiger partial charge on any atom is 0.253 e. The fraction of sp³-hybridized carbons (Fsp3) is 0.333. The first-order chi connectivity index (χ1) is 14.1. The molecule has 4 rings (SSSR count). The molecule has 5 nitrogen and oxygen atoms in total. The molecule has 2 aromatic heterocycles. The number of aryl methyl sites for hydroxylation is 1. The van der Waals surface area contributed by atoms with Crippen LogP contribution >= 0.6 is 0 Å². The monoisotopic (exact) mass is 388 g/mol. The summed E-state index contributed by atoms with van der Waals surface area (Å²) in [6.45, 7) is 7.48. The standard InChI is InChI=1S/C24H28N4O/c1-18-14-22(19(2)28(18)17-20-8-4-3-5-9-20)24(29)26-16-21-10-11-23(25-15-21)27-12-6-7-13-27/h3-5,8-11,14-15H,6-7,12-13,16-17H2,1-2H3,(H,26,29). The molecule has 1 aliphatic rings. The van der Waals surface area contributed by atoms with Crippen molar-refractivity contribution in [2.24, 2.45) is 0 Å². The third kappa shape index (κ3) is 4.34. The van der Waals surface area contributed by atoms with Gasteiger partial charge in [0, 0.05) is 43.8 Å². The number of benzene rings is 1. The van der Waals surface area contributed by atoms with E-state index in [-0.39, 0.29) is 5.91 Å². The van der Waals surface area contributed by atoms with E-state index in [1.54, 1.807) is 0 Å². The van der Waals surface area contributed by atoms with Gasteiger partial charge in [-0.05, 0) is 49.9 Å². The third-order valence-electron chi connectivity index (χ3n) is 5.69. The first-order valence-electron chi connectivity index (χ1n) is 10.3. The largest absolute Gasteiger partial charge is 0.357 e. The first kappa shape index (κ1) is 19.2. The Hall–Kier alpha value is -3.08. The Morgan fingerprint density at radius 3 is 2.48 bits per heavy atom. The van der Waals surface area contributed by atoms with Gasteiger partial charge in [-0.25, -0.2) is 4.98 Å². The molecule has 1 aliphatic heterocycles. The lowest BCUT2D eigenvalue weighted by Gasteiger charge is -2.16. The van der Waals surface area contributed by atoms with Crippen molar-refractivity contribution in [3.63, 3.8) is 0 Å². The number of nitrogens with one attached hydrogen (secondary N) is 1. The molecule has 3 aromatic rings. The predicted octanol–water partition coefficient (Wildman–Crippen LogP) is 4.08. The highest BCUT2D eigenvalue weighted by molar-refractivity contribution is 5.95. The molecule has 1 aromatic carbocycles. The van der Waals surface area contributed by atoms with Gasteiger partial charge in [-0.2, -0.15) is 0 Å². The van der Waals surface area contributed by atoms with Crippen molar-refractivity contribution in [2.45, 2.75) is 39.8 Å². The molecule has 1 amide bonds. The zero-order valence-electron chi connectivity index (χ0n) is 17.2. The fourth-order valence-corrected chi connectivity index (χ4v) is 3.97. The van der Waals surface area contributed by atoms with E-state index in [1.165, 1.54) is 18.4 Å². The van der Waals surface area contributed by atoms with E-state index in [0.717, 1.165) is 48.0 Å². The van der Waals surface area contributed by atoms with E-state index in [1.807, 2.05) is 44.3 Å². The number of anilines is 1. The molecule has 150 valence electrons. The number of carbonyl (C=O) groups excluding carboxylic acids is 1. The van der Waals surface area contributed by atoms with E-state index in [9.17, 15) is 4.79 Å². The summed E-state index contributed by atoms with van der Waals surface area (Å²) in [6.07, 6.45) is 4.34. The average molecular weight is 389 g/mol. The molecule has 29 heavy (non-hydrogen) atoms. The molecule has 3 heterocycles. The summed E-state index contributed by atoms with van der Waals surface area (Å²) in [5, 5.41) is 3.04. The van der Waals surface area contributed by atoms with Crippen molar-refractivity contribution in [3.8, 4) is 0 Å². The summed E-state index contributed by atoms with van der Waals surface area (Å²) in [7, 11) is 0. The van der Waals surface area contributed by atoms with Gasteiger partial charge in [0.1, 0.15) is 5.82 Å². The van der Waals surface area contributed by atoms with Crippen molar-refractivity contribution >= 4 is 11.7 Å². The van der Waals surface area contributed by atoms with E-state index in [0.29, 0.717) is 6.54 Å². The van der Waals surface area contributed by atoms with Crippen LogP contribution in [-0.4, -0.2) is 28.5 Å². The summed E-state index contributed by atoms with van der Waals surface area (Å²) >= 11 is 0. The topological polar surface area (TPSA) is 50.2 Å². The Bertz CT molecular complexity index is 970. The van der Waals surface area contributed by atoms with E-state index >= 15 is 0 Å². The second kappa shape index (κ2) is 8.52. The average Bonchev–Trinajstić information content (AvgIpc) is 3.38. The van der Waals surface area contributed by atoms with Crippen LogP contribution in [-0.2, 0) is 13.1 Å². The fourth-order valence-electron chi connectivity index (χ4n) is 3.97. The van der Waals surface area contributed by atoms with Crippen molar-refractivity contribution in [3.05, 3.63) is 82.8 Å². The lowest BCUT2D eigenvalue weighted by Crippen LogP contribution is -2.24. The smallest absolute Gasteiger partial charge is 0.253 e. The zero-order valence-corrected chi connectivity index (χ0v) is 17.2. The lowest BCUT2D eigenvalue weighted by molar-refractivity contribution is 0.0950. The maximum absolute atomic E-state index is 12.8. The molecule has 1 fully saturated rings. The van der Waals surface area contributed by atoms with Crippen LogP contribution < -0.4 is 10.2 Å². The van der Waals surface area contributed by atoms with Gasteiger partial charge in [0.2, 0.25) is 0 Å². The Balaban J connectivity index is 1.40. The van der Waals surface area contributed by atoms with Crippen LogP contribution in [0.4, 0.5) is 5.82 Å². The Morgan fingerprint density at radius 1 is 1.03 bits per heavy atom. The highest BCUT2D eigenvalue weighted by atomic mass is 16.1. The quantitative estimate of drug-likeness (QED) is 0.692. The van der Waals surface area contributed by atoms with E-state index in [4.69, 9.17) is 0 Å². The summed E-state index contributed by atoms with van der Waals surface area (Å²) in [6, 6.07) is 16.4. The molecular formula is C24H28N4O. The number of pyridine rings is 1. The van der Waals surface area contributed by atoms with Gasteiger partial charge in [0.15, 0.2) is 0 Å². The minimum Gasteiger partial charge on any atom is -0.357 e. The highest BCUT2D eigenvalue weighted by Gasteiger charge is 2.16. The van der Waals surface area contributed by atoms with Gasteiger partial charge in [-0.3, -0.25) is 4.79 Å². The minimum atomic E-state index is -0.0407. The third-order valence-corrected chi connectivity index (χ3v) is 5.69. The highest BCUT2D eigenvalue weighted by Crippen LogP contribution is 2.19. The molecule has 1 N–H and O–H groups in total. The summed E-state index contributed by atoms with van der Waals surface area (Å²) in [4.78, 5) is 19.7. The van der Waals surface area contributed by atoms with Gasteiger partial charge in [-0.1, -0.05) is 36.4 Å². The Labute approximate surface area is 172 Å². The number of rotatable bonds is 6. The molecule has 0 unspecified atom stereocenters. The second-order valence-electron chi connectivity index (χ2n) is 7.76. The molecule has 0 radical (unpaired) electrons. The van der Waals surface area contributed by atoms with Crippen LogP contribution in [0.1, 0.15) is 45.7 Å². The minimum absolute atomic E-state index is 0.0407. The summed E-state index contributed by atoms with van der Waals surface area (Å²) < 4.78 is 2.19. The molecule has 0 atom stereocenters. The molecule has 1 saturated heterocycles. The van der Waals surface area contributed by atoms with Gasteiger partial charge in [0.25, 0.3) is 5.91 Å². The number of carbonyl (C=O) groups is 1. The molecular weight excluding hydrogens is 360 g/mol. The van der Waals surface area contributed by atoms with Gasteiger partial charge >= 0.3 is 0 Å². The number of nitrogens with zero attached hydrogens (tertiary/aromatic N) is 3. The van der Waals surface area contributed by atoms with Crippen molar-refractivity contribution < 1.29 is 4.79 Å². The van der Waals surface area contributed by atoms with Crippen LogP contribution in [0.2, 0.25) is 0 Å². The van der Waals surface area contributed by atoms with E-state index < -0.39 is 0 Å². The van der Waals surface area contributed by atoms with Crippen molar-refractivity contribution in [1.82, 2.24) is 14.9 Å². The first-order valence-corrected chi connectivity index (χ1v) is 10.3. The van der Waals surface area contributed by atoms with Gasteiger partial charge in [-0.15, -0.1) is 0 Å². The Kier molecular flexibility index (Phi) is 5.65. The van der Waals surface area contributed by atoms with Crippen molar-refractivity contribution in [1.29, 1.82) is 0 Å². The Morgan fingerprint density at radius 2 is 1.79 bits per heavy atom. The number of amides is 1. The number of hydrogen-bond acceptors (Lipinski definition) is 3. The maximum atomic E-state index is 12.8. The zero-order chi connectivity index (χ0) is 20.2. The summed E-state index contributed by atoms with van der Waals surface area (Å²) in [5.41, 5.74) is 5.06. The van der Waals surface area contributed by atoms with Crippen LogP contribution in [0, 0.1) is 13.8 Å². The van der Waals surface area contributed by atoms with E-state index in [2.05, 4.69) is 44.0 Å². The lowest BCUT2D eigenvalue weighted by atomic mass is 10.2. The van der Waals surface area contributed by atoms with Crippen LogP contribution in [0.3, 0.4) is 0 Å². The van der Waals surface area contributed by atoms with Crippen LogP contribution in [0.15, 0.2) is 54.7 Å². The normalized spacial score (nSPS) is 13.7. The van der Waals surface area contributed by atoms with Crippen molar-refractivity contribution in [2.75, 3.05) is 18.0 Å². The van der Waals surface area contributed by atoms with Crippen LogP contribution in [0.5, 0.6) is 0 Å². The van der Waals surface area contributed by atoms with Gasteiger partial charge < -0.3 is 14.8 Å². The molecule has 5 heteroatoms.